The van der Waals surface area contributed by atoms with Crippen LogP contribution in [0.15, 0.2) is 158 Å². The van der Waals surface area contributed by atoms with Gasteiger partial charge >= 0.3 is 0 Å². The smallest absolute Gasteiger partial charge is 0.00259 e. The van der Waals surface area contributed by atoms with Gasteiger partial charge in [0.25, 0.3) is 0 Å². The monoisotopic (exact) mass is 522 g/mol. The molecule has 0 spiro atoms. The maximum atomic E-state index is 4.20. The first-order valence-electron chi connectivity index (χ1n) is 14.1. The van der Waals surface area contributed by atoms with Crippen LogP contribution in [0.1, 0.15) is 12.5 Å². The summed E-state index contributed by atoms with van der Waals surface area (Å²) in [6.07, 6.45) is 0. The van der Waals surface area contributed by atoms with Gasteiger partial charge in [-0.2, -0.15) is 0 Å². The molecule has 0 nitrogen and oxygen atoms in total. The predicted octanol–water partition coefficient (Wildman–Crippen LogP) is 11.7. The Morgan fingerprint density at radius 2 is 0.756 bits per heavy atom. The van der Waals surface area contributed by atoms with E-state index in [1.165, 1.54) is 71.6 Å². The summed E-state index contributed by atoms with van der Waals surface area (Å²) in [6, 6.07) is 55.0. The van der Waals surface area contributed by atoms with Crippen LogP contribution in [-0.4, -0.2) is 0 Å². The summed E-state index contributed by atoms with van der Waals surface area (Å²) in [6.45, 7) is 6.28. The molecule has 7 rings (SSSR count). The zero-order valence-electron chi connectivity index (χ0n) is 23.1. The van der Waals surface area contributed by atoms with Crippen LogP contribution in [0.2, 0.25) is 0 Å². The zero-order valence-corrected chi connectivity index (χ0v) is 23.1. The molecule has 0 bridgehead atoms. The van der Waals surface area contributed by atoms with E-state index in [1.807, 2.05) is 0 Å². The van der Waals surface area contributed by atoms with Gasteiger partial charge in [-0.05, 0) is 103 Å². The molecule has 194 valence electrons. The zero-order chi connectivity index (χ0) is 27.8. The van der Waals surface area contributed by atoms with Crippen molar-refractivity contribution in [2.24, 2.45) is 0 Å². The van der Waals surface area contributed by atoms with Crippen molar-refractivity contribution >= 4 is 27.1 Å². The Bertz CT molecular complexity index is 1930. The number of rotatable bonds is 5. The van der Waals surface area contributed by atoms with Crippen LogP contribution in [-0.2, 0) is 0 Å². The summed E-state index contributed by atoms with van der Waals surface area (Å²) in [4.78, 5) is 0. The first-order valence-corrected chi connectivity index (χ1v) is 14.1. The van der Waals surface area contributed by atoms with Crippen molar-refractivity contribution in [1.29, 1.82) is 0 Å². The lowest BCUT2D eigenvalue weighted by atomic mass is 9.84. The van der Waals surface area contributed by atoms with E-state index in [1.54, 1.807) is 0 Å². The van der Waals surface area contributed by atoms with Crippen LogP contribution in [0, 0.1) is 0 Å². The Hall–Kier alpha value is -5.20. The van der Waals surface area contributed by atoms with Crippen LogP contribution in [0.25, 0.3) is 71.6 Å². The minimum absolute atomic E-state index is 1.07. The lowest BCUT2D eigenvalue weighted by Gasteiger charge is -2.19. The molecule has 0 saturated heterocycles. The van der Waals surface area contributed by atoms with Gasteiger partial charge < -0.3 is 0 Å². The molecule has 0 atom stereocenters. The van der Waals surface area contributed by atoms with Crippen molar-refractivity contribution in [2.75, 3.05) is 0 Å². The Balaban J connectivity index is 1.58. The second kappa shape index (κ2) is 10.4. The molecule has 0 aliphatic rings. The van der Waals surface area contributed by atoms with Gasteiger partial charge in [0.15, 0.2) is 0 Å². The molecule has 0 amide bonds. The van der Waals surface area contributed by atoms with Crippen molar-refractivity contribution in [3.63, 3.8) is 0 Å². The van der Waals surface area contributed by atoms with Gasteiger partial charge in [0.05, 0.1) is 0 Å². The molecule has 0 aliphatic carbocycles. The second-order valence-electron chi connectivity index (χ2n) is 10.7. The van der Waals surface area contributed by atoms with Crippen LogP contribution in [0.3, 0.4) is 0 Å². The third-order valence-corrected chi connectivity index (χ3v) is 8.01. The van der Waals surface area contributed by atoms with E-state index in [-0.39, 0.29) is 0 Å². The first kappa shape index (κ1) is 24.8. The van der Waals surface area contributed by atoms with Crippen LogP contribution < -0.4 is 0 Å². The van der Waals surface area contributed by atoms with E-state index in [0.717, 1.165) is 5.57 Å². The summed E-state index contributed by atoms with van der Waals surface area (Å²) in [5, 5.41) is 5.02. The molecule has 7 aromatic rings. The van der Waals surface area contributed by atoms with Crippen molar-refractivity contribution in [3.8, 4) is 44.5 Å². The molecule has 0 unspecified atom stereocenters. The highest BCUT2D eigenvalue weighted by Gasteiger charge is 2.18. The molecule has 0 aliphatic heterocycles. The minimum atomic E-state index is 1.07. The topological polar surface area (TPSA) is 0 Å². The van der Waals surface area contributed by atoms with Gasteiger partial charge in [-0.1, -0.05) is 140 Å². The summed E-state index contributed by atoms with van der Waals surface area (Å²) in [7, 11) is 0. The average molecular weight is 523 g/mol. The Morgan fingerprint density at radius 1 is 0.366 bits per heavy atom. The van der Waals surface area contributed by atoms with Gasteiger partial charge in [-0.15, -0.1) is 0 Å². The molecule has 0 heteroatoms. The lowest BCUT2D eigenvalue weighted by molar-refractivity contribution is 1.57. The van der Waals surface area contributed by atoms with Crippen LogP contribution >= 0.6 is 0 Å². The Kier molecular flexibility index (Phi) is 6.30. The van der Waals surface area contributed by atoms with Crippen LogP contribution in [0.5, 0.6) is 0 Å². The van der Waals surface area contributed by atoms with E-state index < -0.39 is 0 Å². The first-order chi connectivity index (χ1) is 20.2. The van der Waals surface area contributed by atoms with Gasteiger partial charge in [0.2, 0.25) is 0 Å². The highest BCUT2D eigenvalue weighted by Crippen LogP contribution is 2.45. The number of hydrogen-bond donors (Lipinski definition) is 0. The number of allylic oxidation sites excluding steroid dienone is 1. The predicted molar refractivity (Wildman–Crippen MR) is 178 cm³/mol. The molecule has 41 heavy (non-hydrogen) atoms. The second-order valence-corrected chi connectivity index (χ2v) is 10.7. The van der Waals surface area contributed by atoms with E-state index >= 15 is 0 Å². The fourth-order valence-electron chi connectivity index (χ4n) is 6.06. The molecule has 0 radical (unpaired) electrons. The molecule has 0 heterocycles. The maximum absolute atomic E-state index is 4.20. The number of hydrogen-bond acceptors (Lipinski definition) is 0. The standard InChI is InChI=1S/C41H30/c1-28(2)31-18-13-19-32(24-31)40-36-20-9-11-22-38(36)41(39-23-12-10-21-37(39)40)35-26-33(29-14-5-3-6-15-29)25-34(27-35)30-16-7-4-8-17-30/h3-27H,1H2,2H3. The SMILES string of the molecule is C=C(C)c1cccc(-c2c3ccccc3c(-c3cc(-c4ccccc4)cc(-c4ccccc4)c3)c3ccccc23)c1. The highest BCUT2D eigenvalue weighted by atomic mass is 14.2. The number of fused-ring (bicyclic) bond motifs is 2. The molecule has 0 saturated carbocycles. The fourth-order valence-corrected chi connectivity index (χ4v) is 6.06. The quantitative estimate of drug-likeness (QED) is 0.197. The fraction of sp³-hybridized carbons (Fsp3) is 0.0244. The van der Waals surface area contributed by atoms with Crippen LogP contribution in [0.4, 0.5) is 0 Å². The highest BCUT2D eigenvalue weighted by molar-refractivity contribution is 6.21. The molecule has 0 aromatic heterocycles. The van der Waals surface area contributed by atoms with E-state index in [2.05, 4.69) is 165 Å². The molecular formula is C41H30. The van der Waals surface area contributed by atoms with E-state index in [4.69, 9.17) is 0 Å². The van der Waals surface area contributed by atoms with Gasteiger partial charge in [0.1, 0.15) is 0 Å². The van der Waals surface area contributed by atoms with E-state index in [0.29, 0.717) is 0 Å². The van der Waals surface area contributed by atoms with Crippen molar-refractivity contribution in [1.82, 2.24) is 0 Å². The van der Waals surface area contributed by atoms with Gasteiger partial charge in [-0.3, -0.25) is 0 Å². The third-order valence-electron chi connectivity index (χ3n) is 8.01. The van der Waals surface area contributed by atoms with Crippen molar-refractivity contribution in [2.45, 2.75) is 6.92 Å². The van der Waals surface area contributed by atoms with Crippen molar-refractivity contribution < 1.29 is 0 Å². The van der Waals surface area contributed by atoms with Gasteiger partial charge in [0, 0.05) is 0 Å². The molecular weight excluding hydrogens is 492 g/mol. The lowest BCUT2D eigenvalue weighted by Crippen LogP contribution is -1.92. The summed E-state index contributed by atoms with van der Waals surface area (Å²) in [5.41, 5.74) is 12.1. The largest absolute Gasteiger partial charge is 0.0955 e. The molecule has 7 aromatic carbocycles. The summed E-state index contributed by atoms with van der Waals surface area (Å²) in [5.74, 6) is 0. The minimum Gasteiger partial charge on any atom is -0.0955 e. The average Bonchev–Trinajstić information content (AvgIpc) is 3.04. The summed E-state index contributed by atoms with van der Waals surface area (Å²) >= 11 is 0. The normalized spacial score (nSPS) is 11.1. The number of benzene rings is 7. The van der Waals surface area contributed by atoms with E-state index in [9.17, 15) is 0 Å². The molecule has 0 fully saturated rings. The third kappa shape index (κ3) is 4.54. The van der Waals surface area contributed by atoms with Crippen molar-refractivity contribution in [3.05, 3.63) is 164 Å². The van der Waals surface area contributed by atoms with Gasteiger partial charge in [-0.25, -0.2) is 0 Å². The maximum Gasteiger partial charge on any atom is -0.00259 e. The summed E-state index contributed by atoms with van der Waals surface area (Å²) < 4.78 is 0. The Labute approximate surface area is 241 Å². The molecule has 0 N–H and O–H groups in total. The Morgan fingerprint density at radius 3 is 1.22 bits per heavy atom.